The van der Waals surface area contributed by atoms with Crippen molar-refractivity contribution in [3.05, 3.63) is 58.6 Å². The number of pyridine rings is 1. The molecule has 0 amide bonds. The molecule has 1 saturated heterocycles. The van der Waals surface area contributed by atoms with Crippen LogP contribution in [0.25, 0.3) is 11.0 Å². The molecular weight excluding hydrogens is 388 g/mol. The topological polar surface area (TPSA) is 136 Å². The Bertz CT molecular complexity index is 955. The van der Waals surface area contributed by atoms with E-state index in [1.807, 2.05) is 44.2 Å². The van der Waals surface area contributed by atoms with Gasteiger partial charge in [0.2, 0.25) is 0 Å². The predicted octanol–water partition coefficient (Wildman–Crippen LogP) is 3.07. The van der Waals surface area contributed by atoms with Gasteiger partial charge in [0, 0.05) is 6.07 Å². The van der Waals surface area contributed by atoms with Gasteiger partial charge >= 0.3 is 0 Å². The highest BCUT2D eigenvalue weighted by Crippen LogP contribution is 2.31. The molecule has 164 valence electrons. The quantitative estimate of drug-likeness (QED) is 0.378. The predicted molar refractivity (Wildman–Crippen MR) is 115 cm³/mol. The maximum Gasteiger partial charge on any atom is 0.277 e. The van der Waals surface area contributed by atoms with Crippen LogP contribution in [0.3, 0.4) is 0 Å². The van der Waals surface area contributed by atoms with E-state index in [9.17, 15) is 9.90 Å². The average Bonchev–Trinajstić information content (AvgIpc) is 3.38. The van der Waals surface area contributed by atoms with Gasteiger partial charge in [0.1, 0.15) is 18.7 Å². The summed E-state index contributed by atoms with van der Waals surface area (Å²) in [6.07, 6.45) is 2.23. The SMILES string of the molecule is CC.CC(O)C1CCC(n2cnc3c(=O)[nH]c(N)cc32)O1.OOCc1ccccc1. The van der Waals surface area contributed by atoms with Crippen LogP contribution in [-0.2, 0) is 16.2 Å². The number of ether oxygens (including phenoxy) is 1. The van der Waals surface area contributed by atoms with E-state index in [-0.39, 0.29) is 24.5 Å². The zero-order valence-corrected chi connectivity index (χ0v) is 17.5. The summed E-state index contributed by atoms with van der Waals surface area (Å²) in [6.45, 7) is 5.97. The number of aliphatic hydroxyl groups excluding tert-OH is 1. The average molecular weight is 418 g/mol. The number of aromatic amines is 1. The Hall–Kier alpha value is -2.72. The molecule has 3 aromatic rings. The number of nitrogens with zero attached hydrogens (tertiary/aromatic N) is 2. The van der Waals surface area contributed by atoms with E-state index in [4.69, 9.17) is 15.7 Å². The molecule has 30 heavy (non-hydrogen) atoms. The first-order valence-electron chi connectivity index (χ1n) is 9.98. The van der Waals surface area contributed by atoms with E-state index >= 15 is 0 Å². The number of nitrogen functional groups attached to an aromatic ring is 1. The van der Waals surface area contributed by atoms with E-state index in [2.05, 4.69) is 14.9 Å². The Morgan fingerprint density at radius 2 is 2.03 bits per heavy atom. The van der Waals surface area contributed by atoms with Gasteiger partial charge in [-0.05, 0) is 25.3 Å². The van der Waals surface area contributed by atoms with E-state index in [0.29, 0.717) is 16.9 Å². The van der Waals surface area contributed by atoms with Gasteiger partial charge in [0.25, 0.3) is 5.56 Å². The van der Waals surface area contributed by atoms with Crippen molar-refractivity contribution in [3.8, 4) is 0 Å². The molecule has 5 N–H and O–H groups in total. The third-order valence-electron chi connectivity index (χ3n) is 4.55. The molecule has 1 aromatic carbocycles. The van der Waals surface area contributed by atoms with Gasteiger partial charge in [-0.2, -0.15) is 0 Å². The number of imidazole rings is 1. The van der Waals surface area contributed by atoms with Crippen LogP contribution in [0.5, 0.6) is 0 Å². The zero-order chi connectivity index (χ0) is 22.1. The lowest BCUT2D eigenvalue weighted by molar-refractivity contribution is -0.253. The molecule has 0 radical (unpaired) electrons. The molecule has 4 rings (SSSR count). The fourth-order valence-electron chi connectivity index (χ4n) is 3.14. The third kappa shape index (κ3) is 5.90. The number of nitrogens with two attached hydrogens (primary N) is 1. The fourth-order valence-corrected chi connectivity index (χ4v) is 3.14. The van der Waals surface area contributed by atoms with Crippen molar-refractivity contribution in [1.29, 1.82) is 0 Å². The number of fused-ring (bicyclic) bond motifs is 1. The van der Waals surface area contributed by atoms with Crippen molar-refractivity contribution >= 4 is 16.9 Å². The normalized spacial score (nSPS) is 18.8. The van der Waals surface area contributed by atoms with Crippen LogP contribution < -0.4 is 11.3 Å². The number of aromatic nitrogens is 3. The molecule has 2 aromatic heterocycles. The molecule has 3 heterocycles. The highest BCUT2D eigenvalue weighted by atomic mass is 17.1. The van der Waals surface area contributed by atoms with Crippen LogP contribution in [-0.4, -0.2) is 37.1 Å². The lowest BCUT2D eigenvalue weighted by Gasteiger charge is -2.17. The van der Waals surface area contributed by atoms with Gasteiger partial charge in [0.15, 0.2) is 5.52 Å². The largest absolute Gasteiger partial charge is 0.391 e. The van der Waals surface area contributed by atoms with Crippen LogP contribution in [0.2, 0.25) is 0 Å². The Morgan fingerprint density at radius 1 is 1.33 bits per heavy atom. The standard InChI is InChI=1S/C12H16N4O3.C7H8O2.C2H6/c1-6(17)8-2-3-10(19-8)16-5-14-11-7(16)4-9(13)15-12(11)18;8-9-6-7-4-2-1-3-5-7;1-2/h4-6,8,10,17H,2-3H2,1H3,(H3,13,15,18);1-5,8H,6H2;1-2H3. The lowest BCUT2D eigenvalue weighted by Crippen LogP contribution is -2.22. The van der Waals surface area contributed by atoms with E-state index in [1.54, 1.807) is 23.9 Å². The van der Waals surface area contributed by atoms with Gasteiger partial charge in [-0.1, -0.05) is 44.2 Å². The highest BCUT2D eigenvalue weighted by Gasteiger charge is 2.30. The number of hydrogen-bond acceptors (Lipinski definition) is 7. The number of H-pyrrole nitrogens is 1. The lowest BCUT2D eigenvalue weighted by atomic mass is 10.1. The second-order valence-electron chi connectivity index (χ2n) is 6.65. The first-order valence-corrected chi connectivity index (χ1v) is 9.98. The first kappa shape index (κ1) is 23.6. The van der Waals surface area contributed by atoms with Crippen LogP contribution >= 0.6 is 0 Å². The van der Waals surface area contributed by atoms with Crippen molar-refractivity contribution in [3.63, 3.8) is 0 Å². The Kier molecular flexibility index (Phi) is 9.00. The van der Waals surface area contributed by atoms with Crippen LogP contribution in [0.1, 0.15) is 45.4 Å². The summed E-state index contributed by atoms with van der Waals surface area (Å²) >= 11 is 0. The van der Waals surface area contributed by atoms with Crippen molar-refractivity contribution in [1.82, 2.24) is 14.5 Å². The summed E-state index contributed by atoms with van der Waals surface area (Å²) in [7, 11) is 0. The summed E-state index contributed by atoms with van der Waals surface area (Å²) in [5.74, 6) is 0.296. The summed E-state index contributed by atoms with van der Waals surface area (Å²) in [4.78, 5) is 22.2. The van der Waals surface area contributed by atoms with E-state index in [1.165, 1.54) is 0 Å². The molecule has 0 aliphatic carbocycles. The molecule has 9 heteroatoms. The highest BCUT2D eigenvalue weighted by molar-refractivity contribution is 5.76. The van der Waals surface area contributed by atoms with Crippen LogP contribution in [0.4, 0.5) is 5.82 Å². The minimum Gasteiger partial charge on any atom is -0.391 e. The molecule has 0 bridgehead atoms. The smallest absolute Gasteiger partial charge is 0.277 e. The van der Waals surface area contributed by atoms with E-state index in [0.717, 1.165) is 18.4 Å². The number of anilines is 1. The number of aliphatic hydroxyl groups is 1. The fraction of sp³-hybridized carbons (Fsp3) is 0.429. The maximum absolute atomic E-state index is 11.7. The summed E-state index contributed by atoms with van der Waals surface area (Å²) in [5.41, 5.74) is 7.31. The number of benzene rings is 1. The molecule has 9 nitrogen and oxygen atoms in total. The van der Waals surface area contributed by atoms with Gasteiger partial charge < -0.3 is 25.1 Å². The first-order chi connectivity index (χ1) is 14.5. The summed E-state index contributed by atoms with van der Waals surface area (Å²) in [6, 6.07) is 11.2. The van der Waals surface area contributed by atoms with Crippen molar-refractivity contribution < 1.29 is 20.0 Å². The van der Waals surface area contributed by atoms with Gasteiger partial charge in [-0.25, -0.2) is 9.87 Å². The molecule has 1 fully saturated rings. The van der Waals surface area contributed by atoms with Crippen LogP contribution in [0.15, 0.2) is 47.5 Å². The monoisotopic (exact) mass is 418 g/mol. The van der Waals surface area contributed by atoms with Crippen LogP contribution in [0, 0.1) is 0 Å². The second-order valence-corrected chi connectivity index (χ2v) is 6.65. The zero-order valence-electron chi connectivity index (χ0n) is 17.5. The number of rotatable bonds is 4. The second kappa shape index (κ2) is 11.5. The van der Waals surface area contributed by atoms with Gasteiger partial charge in [0.05, 0.1) is 24.1 Å². The molecule has 3 atom stereocenters. The Morgan fingerprint density at radius 3 is 2.63 bits per heavy atom. The minimum absolute atomic E-state index is 0.179. The molecule has 0 spiro atoms. The summed E-state index contributed by atoms with van der Waals surface area (Å²) in [5, 5.41) is 17.6. The van der Waals surface area contributed by atoms with Gasteiger partial charge in [-0.3, -0.25) is 10.1 Å². The van der Waals surface area contributed by atoms with E-state index < -0.39 is 6.10 Å². The van der Waals surface area contributed by atoms with Gasteiger partial charge in [-0.15, -0.1) is 0 Å². The Balaban J connectivity index is 0.000000245. The number of nitrogens with one attached hydrogen (secondary N) is 1. The minimum atomic E-state index is -0.506. The molecule has 1 aliphatic rings. The third-order valence-corrected chi connectivity index (χ3v) is 4.55. The van der Waals surface area contributed by atoms with Crippen molar-refractivity contribution in [2.45, 2.75) is 58.7 Å². The van der Waals surface area contributed by atoms with Crippen molar-refractivity contribution in [2.75, 3.05) is 5.73 Å². The number of hydrogen-bond donors (Lipinski definition) is 4. The molecule has 3 unspecified atom stereocenters. The molecule has 1 aliphatic heterocycles. The summed E-state index contributed by atoms with van der Waals surface area (Å²) < 4.78 is 7.57. The Labute approximate surface area is 175 Å². The molecule has 0 saturated carbocycles. The molecular formula is C21H30N4O5. The maximum atomic E-state index is 11.7. The van der Waals surface area contributed by atoms with Crippen molar-refractivity contribution in [2.24, 2.45) is 0 Å².